The Hall–Kier alpha value is -2.67. The summed E-state index contributed by atoms with van der Waals surface area (Å²) in [6, 6.07) is 51.3. The maximum absolute atomic E-state index is 3.97. The van der Waals surface area contributed by atoms with Gasteiger partial charge in [-0.3, -0.25) is 0 Å². The summed E-state index contributed by atoms with van der Waals surface area (Å²) >= 11 is 0. The molecule has 0 nitrogen and oxygen atoms in total. The van der Waals surface area contributed by atoms with Crippen LogP contribution >= 0.6 is 7.26 Å². The molecule has 0 aliphatic heterocycles. The van der Waals surface area contributed by atoms with Crippen molar-refractivity contribution in [1.82, 2.24) is 0 Å². The number of unbranched alkanes of at least 4 members (excludes halogenated alkanes) is 2. The van der Waals surface area contributed by atoms with Crippen molar-refractivity contribution in [2.75, 3.05) is 0 Å². The van der Waals surface area contributed by atoms with Crippen molar-refractivity contribution in [3.63, 3.8) is 0 Å². The Morgan fingerprint density at radius 2 is 0.744 bits per heavy atom. The first-order chi connectivity index (χ1) is 20.6. The van der Waals surface area contributed by atoms with Gasteiger partial charge in [0.25, 0.3) is 0 Å². The fraction of sp³-hybridized carbons (Fsp3) is 0.195. The summed E-state index contributed by atoms with van der Waals surface area (Å²) < 4.78 is 0. The smallest absolute Gasteiger partial charge is 0.0654 e. The van der Waals surface area contributed by atoms with Crippen LogP contribution in [-0.4, -0.2) is 23.9 Å². The number of benzene rings is 5. The Morgan fingerprint density at radius 1 is 0.442 bits per heavy atom. The van der Waals surface area contributed by atoms with E-state index in [0.29, 0.717) is 0 Å². The summed E-state index contributed by atoms with van der Waals surface area (Å²) in [5, 5.41) is 5.49. The topological polar surface area (TPSA) is 0 Å². The van der Waals surface area contributed by atoms with Gasteiger partial charge in [0.2, 0.25) is 0 Å². The molecule has 0 unspecified atom stereocenters. The monoisotopic (exact) mass is 692 g/mol. The second-order valence-electron chi connectivity index (χ2n) is 10.2. The van der Waals surface area contributed by atoms with E-state index in [1.165, 1.54) is 50.8 Å². The predicted molar refractivity (Wildman–Crippen MR) is 199 cm³/mol. The molecule has 0 heterocycles. The van der Waals surface area contributed by atoms with Crippen molar-refractivity contribution in [3.8, 4) is 11.1 Å². The largest absolute Gasteiger partial charge is 0.144 e. The van der Waals surface area contributed by atoms with Crippen molar-refractivity contribution in [2.45, 2.75) is 52.4 Å². The van der Waals surface area contributed by atoms with E-state index in [4.69, 9.17) is 0 Å². The van der Waals surface area contributed by atoms with E-state index >= 15 is 0 Å². The number of aryl methyl sites for hydroxylation is 1. The van der Waals surface area contributed by atoms with Crippen LogP contribution in [0.4, 0.5) is 0 Å². The molecule has 0 aliphatic carbocycles. The molecule has 43 heavy (non-hydrogen) atoms. The van der Waals surface area contributed by atoms with E-state index in [1.807, 2.05) is 0 Å². The van der Waals surface area contributed by atoms with Crippen LogP contribution in [0.3, 0.4) is 0 Å². The molecule has 0 saturated carbocycles. The molecule has 7 radical (unpaired) electrons. The number of hydrogen-bond acceptors (Lipinski definition) is 0. The van der Waals surface area contributed by atoms with Crippen LogP contribution in [0.15, 0.2) is 140 Å². The number of rotatable bonds is 9. The van der Waals surface area contributed by atoms with Gasteiger partial charge >= 0.3 is 0 Å². The predicted octanol–water partition coefficient (Wildman–Crippen LogP) is 9.85. The van der Waals surface area contributed by atoms with Crippen LogP contribution in [-0.2, 0) is 6.42 Å². The molecule has 2 heteroatoms. The maximum Gasteiger partial charge on any atom is 0.144 e. The van der Waals surface area contributed by atoms with E-state index in [1.54, 1.807) is 0 Å². The summed E-state index contributed by atoms with van der Waals surface area (Å²) in [5.41, 5.74) is 3.84. The summed E-state index contributed by atoms with van der Waals surface area (Å²) in [7, 11) is -2.04. The minimum Gasteiger partial charge on any atom is -0.0654 e. The Morgan fingerprint density at radius 3 is 1.05 bits per heavy atom. The van der Waals surface area contributed by atoms with Gasteiger partial charge in [0.15, 0.2) is 0 Å². The third-order valence-electron chi connectivity index (χ3n) is 7.14. The fourth-order valence-corrected chi connectivity index (χ4v) is 9.04. The first-order valence-corrected chi connectivity index (χ1v) is 17.1. The van der Waals surface area contributed by atoms with Gasteiger partial charge in [-0.05, 0) is 78.1 Å². The average Bonchev–Trinajstić information content (AvgIpc) is 3.08. The van der Waals surface area contributed by atoms with Crippen LogP contribution < -0.4 is 21.2 Å². The molecule has 0 aromatic heterocycles. The normalized spacial score (nSPS) is 10.3. The van der Waals surface area contributed by atoms with Gasteiger partial charge in [-0.1, -0.05) is 151 Å². The standard InChI is InChI=1S/C33H29P.2C4H9.Sn.H2/c1-2-12-27-19-21-28(22-20-27)29-23-25-33(26-24-29)34(30-13-6-3-7-14-30,31-15-8-4-9-16-31)32-17-10-5-11-18-32;2*1-3-4-2;;/h3-11,13-26H,1-2,12H2;2*1,3-4H2,2H3;;1H/q+1;;;;. The van der Waals surface area contributed by atoms with Gasteiger partial charge in [-0.25, -0.2) is 0 Å². The van der Waals surface area contributed by atoms with Gasteiger partial charge < -0.3 is 0 Å². The molecule has 0 N–H and O–H groups in total. The summed E-state index contributed by atoms with van der Waals surface area (Å²) in [6.07, 6.45) is 6.51. The molecule has 0 bridgehead atoms. The van der Waals surface area contributed by atoms with Crippen LogP contribution in [0.2, 0.25) is 0 Å². The first-order valence-electron chi connectivity index (χ1n) is 15.3. The van der Waals surface area contributed by atoms with E-state index < -0.39 is 7.26 Å². The minimum absolute atomic E-state index is 0. The summed E-state index contributed by atoms with van der Waals surface area (Å²) in [6.45, 7) is 15.4. The maximum atomic E-state index is 3.97. The molecule has 221 valence electrons. The second-order valence-corrected chi connectivity index (χ2v) is 13.6. The minimum atomic E-state index is -2.04. The molecule has 0 atom stereocenters. The van der Waals surface area contributed by atoms with E-state index in [0.717, 1.165) is 25.7 Å². The van der Waals surface area contributed by atoms with Crippen molar-refractivity contribution >= 4 is 52.4 Å². The van der Waals surface area contributed by atoms with Gasteiger partial charge in [-0.2, -0.15) is 0 Å². The third-order valence-corrected chi connectivity index (χ3v) is 11.4. The average molecular weight is 692 g/mol. The molecule has 0 spiro atoms. The Labute approximate surface area is 281 Å². The van der Waals surface area contributed by atoms with Gasteiger partial charge in [-0.15, -0.1) is 0 Å². The van der Waals surface area contributed by atoms with Crippen LogP contribution in [0.25, 0.3) is 11.1 Å². The zero-order valence-corrected chi connectivity index (χ0v) is 29.8. The molecule has 0 amide bonds. The molecule has 5 aromatic carbocycles. The third kappa shape index (κ3) is 9.92. The molecule has 5 rings (SSSR count). The molecule has 0 fully saturated rings. The molecular weight excluding hydrogens is 642 g/mol. The van der Waals surface area contributed by atoms with E-state index in [9.17, 15) is 0 Å². The van der Waals surface area contributed by atoms with E-state index in [2.05, 4.69) is 174 Å². The molecule has 0 aliphatic rings. The Balaban J connectivity index is 0.000000869. The fourth-order valence-electron chi connectivity index (χ4n) is 4.79. The van der Waals surface area contributed by atoms with Gasteiger partial charge in [0.05, 0.1) is 0 Å². The van der Waals surface area contributed by atoms with Crippen molar-refractivity contribution in [1.29, 1.82) is 0 Å². The zero-order chi connectivity index (χ0) is 30.0. The van der Waals surface area contributed by atoms with Crippen LogP contribution in [0.1, 0.15) is 52.9 Å². The Kier molecular flexibility index (Phi) is 17.3. The van der Waals surface area contributed by atoms with Gasteiger partial charge in [0.1, 0.15) is 28.5 Å². The van der Waals surface area contributed by atoms with Crippen molar-refractivity contribution in [2.24, 2.45) is 0 Å². The summed E-state index contributed by atoms with van der Waals surface area (Å²) in [4.78, 5) is 0. The second kappa shape index (κ2) is 20.3. The van der Waals surface area contributed by atoms with Crippen molar-refractivity contribution < 1.29 is 1.43 Å². The SMILES string of the molecule is [CH2]CCC.[CH2]CCC.[CH2]CCc1ccc(-c2ccc([P+](c3ccccc3)(c3ccccc3)c3ccccc3)cc2)cc1.[HH].[Sn]. The molecular formula is C41H49PSn+. The Bertz CT molecular complexity index is 1280. The van der Waals surface area contributed by atoms with Crippen LogP contribution in [0.5, 0.6) is 0 Å². The van der Waals surface area contributed by atoms with Crippen LogP contribution in [0, 0.1) is 20.8 Å². The quantitative estimate of drug-likeness (QED) is 0.107. The van der Waals surface area contributed by atoms with E-state index in [-0.39, 0.29) is 25.3 Å². The van der Waals surface area contributed by atoms with Gasteiger partial charge in [0, 0.05) is 25.3 Å². The van der Waals surface area contributed by atoms with Crippen molar-refractivity contribution in [3.05, 3.63) is 166 Å². The summed E-state index contributed by atoms with van der Waals surface area (Å²) in [5.74, 6) is 0. The number of hydrogen-bond donors (Lipinski definition) is 0. The molecule has 5 aromatic rings. The zero-order valence-electron chi connectivity index (χ0n) is 26.1. The molecule has 0 saturated heterocycles. The first kappa shape index (κ1) is 36.5.